The molecule has 180 valence electrons. The number of anilines is 1. The maximum Gasteiger partial charge on any atom is 0.337 e. The Morgan fingerprint density at radius 3 is 2.57 bits per heavy atom. The van der Waals surface area contributed by atoms with Gasteiger partial charge < -0.3 is 20.7 Å². The summed E-state index contributed by atoms with van der Waals surface area (Å²) in [6.45, 7) is 3.40. The molecule has 1 aliphatic rings. The van der Waals surface area contributed by atoms with Gasteiger partial charge in [-0.3, -0.25) is 19.5 Å². The molecule has 3 heterocycles. The highest BCUT2D eigenvalue weighted by molar-refractivity contribution is 6.35. The maximum absolute atomic E-state index is 13.0. The first-order valence-electron chi connectivity index (χ1n) is 11.1. The van der Waals surface area contributed by atoms with E-state index >= 15 is 0 Å². The van der Waals surface area contributed by atoms with Gasteiger partial charge in [0.1, 0.15) is 0 Å². The average molecular weight is 474 g/mol. The number of amides is 2. The average Bonchev–Trinajstić information content (AvgIpc) is 3.24. The van der Waals surface area contributed by atoms with Gasteiger partial charge in [0.25, 0.3) is 5.91 Å². The van der Waals surface area contributed by atoms with Crippen molar-refractivity contribution in [3.8, 4) is 11.1 Å². The summed E-state index contributed by atoms with van der Waals surface area (Å²) >= 11 is 0. The van der Waals surface area contributed by atoms with Gasteiger partial charge in [0.2, 0.25) is 5.91 Å². The molecule has 0 radical (unpaired) electrons. The monoisotopic (exact) mass is 473 g/mol. The molecule has 3 aromatic rings. The van der Waals surface area contributed by atoms with Crippen LogP contribution in [0.2, 0.25) is 0 Å². The first-order valence-corrected chi connectivity index (χ1v) is 11.1. The highest BCUT2D eigenvalue weighted by atomic mass is 16.4. The van der Waals surface area contributed by atoms with Gasteiger partial charge in [-0.2, -0.15) is 0 Å². The lowest BCUT2D eigenvalue weighted by Crippen LogP contribution is -2.31. The molecular weight excluding hydrogens is 446 g/mol. The van der Waals surface area contributed by atoms with Gasteiger partial charge >= 0.3 is 5.97 Å². The lowest BCUT2D eigenvalue weighted by molar-refractivity contribution is -0.119. The molecule has 35 heavy (non-hydrogen) atoms. The highest BCUT2D eigenvalue weighted by Gasteiger charge is 2.30. The number of pyridine rings is 1. The van der Waals surface area contributed by atoms with Gasteiger partial charge in [0.05, 0.1) is 23.7 Å². The van der Waals surface area contributed by atoms with Crippen LogP contribution in [0, 0.1) is 13.8 Å². The maximum atomic E-state index is 13.0. The zero-order chi connectivity index (χ0) is 25.4. The SMILES string of the molecule is Cc1c(C(=O)O)c(C)n(C(CC(N)=O)N(C)C)c1C=C1C(=O)Nc2cc(-c3cccnc3)ccc21. The summed E-state index contributed by atoms with van der Waals surface area (Å²) in [7, 11) is 3.58. The summed E-state index contributed by atoms with van der Waals surface area (Å²) in [5, 5.41) is 12.8. The van der Waals surface area contributed by atoms with Crippen molar-refractivity contribution in [2.45, 2.75) is 26.4 Å². The van der Waals surface area contributed by atoms with Crippen molar-refractivity contribution in [2.24, 2.45) is 5.73 Å². The van der Waals surface area contributed by atoms with Crippen LogP contribution in [0.3, 0.4) is 0 Å². The Morgan fingerprint density at radius 2 is 1.97 bits per heavy atom. The normalized spacial score (nSPS) is 14.8. The van der Waals surface area contributed by atoms with Crippen LogP contribution in [0.1, 0.15) is 45.5 Å². The van der Waals surface area contributed by atoms with Gasteiger partial charge in [-0.1, -0.05) is 18.2 Å². The predicted octanol–water partition coefficient (Wildman–Crippen LogP) is 3.29. The Labute approximate surface area is 202 Å². The van der Waals surface area contributed by atoms with Crippen molar-refractivity contribution >= 4 is 35.1 Å². The van der Waals surface area contributed by atoms with E-state index in [0.717, 1.165) is 11.1 Å². The topological polar surface area (TPSA) is 131 Å². The van der Waals surface area contributed by atoms with Crippen molar-refractivity contribution in [1.29, 1.82) is 0 Å². The Balaban J connectivity index is 1.89. The van der Waals surface area contributed by atoms with Crippen LogP contribution in [-0.4, -0.2) is 51.4 Å². The van der Waals surface area contributed by atoms with Crippen LogP contribution in [0.25, 0.3) is 22.8 Å². The van der Waals surface area contributed by atoms with Gasteiger partial charge in [-0.15, -0.1) is 0 Å². The molecular formula is C26H27N5O4. The van der Waals surface area contributed by atoms with Crippen LogP contribution in [-0.2, 0) is 9.59 Å². The third-order valence-electron chi connectivity index (χ3n) is 6.31. The minimum atomic E-state index is -1.08. The Bertz CT molecular complexity index is 1370. The molecule has 0 bridgehead atoms. The van der Waals surface area contributed by atoms with E-state index in [1.807, 2.05) is 30.3 Å². The van der Waals surface area contributed by atoms with E-state index in [2.05, 4.69) is 10.3 Å². The number of primary amides is 1. The fourth-order valence-electron chi connectivity index (χ4n) is 4.63. The second-order valence-electron chi connectivity index (χ2n) is 8.77. The third-order valence-corrected chi connectivity index (χ3v) is 6.31. The smallest absolute Gasteiger partial charge is 0.337 e. The number of carboxylic acids is 1. The van der Waals surface area contributed by atoms with Crippen molar-refractivity contribution in [1.82, 2.24) is 14.5 Å². The number of aromatic carboxylic acids is 1. The molecule has 2 aromatic heterocycles. The van der Waals surface area contributed by atoms with Gasteiger partial charge in [-0.25, -0.2) is 4.79 Å². The van der Waals surface area contributed by atoms with E-state index < -0.39 is 18.0 Å². The zero-order valence-electron chi connectivity index (χ0n) is 20.0. The molecule has 0 aliphatic carbocycles. The highest BCUT2D eigenvalue weighted by Crippen LogP contribution is 2.38. The van der Waals surface area contributed by atoms with Gasteiger partial charge in [0, 0.05) is 40.6 Å². The molecule has 0 saturated heterocycles. The summed E-state index contributed by atoms with van der Waals surface area (Å²) in [5.41, 5.74) is 10.8. The number of carbonyl (C=O) groups excluding carboxylic acids is 2. The van der Waals surface area contributed by atoms with Crippen molar-refractivity contribution in [2.75, 3.05) is 19.4 Å². The number of hydrogen-bond acceptors (Lipinski definition) is 5. The Kier molecular flexibility index (Phi) is 6.27. The number of carboxylic acid groups (broad SMARTS) is 1. The third kappa shape index (κ3) is 4.33. The molecule has 1 atom stereocenters. The fraction of sp³-hybridized carbons (Fsp3) is 0.231. The van der Waals surface area contributed by atoms with Crippen LogP contribution < -0.4 is 11.1 Å². The van der Waals surface area contributed by atoms with Crippen molar-refractivity contribution in [3.05, 3.63) is 70.8 Å². The van der Waals surface area contributed by atoms with Gasteiger partial charge in [0.15, 0.2) is 0 Å². The molecule has 9 nitrogen and oxygen atoms in total. The van der Waals surface area contributed by atoms with Crippen molar-refractivity contribution in [3.63, 3.8) is 0 Å². The number of carbonyl (C=O) groups is 3. The standard InChI is InChI=1S/C26H27N5O4/c1-14-21(31(15(2)24(14)26(34)35)23(30(3)4)12-22(27)32)11-19-18-8-7-16(10-20(18)29-25(19)33)17-6-5-9-28-13-17/h5-11,13,23H,12H2,1-4H3,(H2,27,32)(H,29,33)(H,34,35). The van der Waals surface area contributed by atoms with Crippen molar-refractivity contribution < 1.29 is 19.5 Å². The molecule has 1 unspecified atom stereocenters. The number of benzene rings is 1. The molecule has 1 aliphatic heterocycles. The minimum Gasteiger partial charge on any atom is -0.478 e. The van der Waals surface area contributed by atoms with Crippen LogP contribution in [0.5, 0.6) is 0 Å². The second-order valence-corrected chi connectivity index (χ2v) is 8.77. The number of rotatable bonds is 7. The molecule has 0 saturated carbocycles. The summed E-state index contributed by atoms with van der Waals surface area (Å²) in [4.78, 5) is 42.9. The molecule has 9 heteroatoms. The summed E-state index contributed by atoms with van der Waals surface area (Å²) in [6.07, 6.45) is 4.60. The summed E-state index contributed by atoms with van der Waals surface area (Å²) in [5.74, 6) is -1.88. The van der Waals surface area contributed by atoms with E-state index in [-0.39, 0.29) is 17.9 Å². The Morgan fingerprint density at radius 1 is 1.23 bits per heavy atom. The summed E-state index contributed by atoms with van der Waals surface area (Å²) < 4.78 is 1.77. The molecule has 4 rings (SSSR count). The Hall–Kier alpha value is -4.24. The number of fused-ring (bicyclic) bond motifs is 1. The first kappa shape index (κ1) is 23.9. The quantitative estimate of drug-likeness (QED) is 0.452. The largest absolute Gasteiger partial charge is 0.478 e. The lowest BCUT2D eigenvalue weighted by Gasteiger charge is -2.28. The predicted molar refractivity (Wildman–Crippen MR) is 134 cm³/mol. The molecule has 0 spiro atoms. The lowest BCUT2D eigenvalue weighted by atomic mass is 10.00. The zero-order valence-corrected chi connectivity index (χ0v) is 20.0. The number of nitrogens with two attached hydrogens (primary N) is 1. The number of nitrogens with zero attached hydrogens (tertiary/aromatic N) is 3. The van der Waals surface area contributed by atoms with E-state index in [0.29, 0.717) is 33.8 Å². The van der Waals surface area contributed by atoms with Crippen LogP contribution in [0.4, 0.5) is 5.69 Å². The molecule has 0 fully saturated rings. The first-order chi connectivity index (χ1) is 16.6. The van der Waals surface area contributed by atoms with Gasteiger partial charge in [-0.05, 0) is 57.3 Å². The second kappa shape index (κ2) is 9.19. The molecule has 1 aromatic carbocycles. The fourth-order valence-corrected chi connectivity index (χ4v) is 4.63. The van der Waals surface area contributed by atoms with E-state index in [1.165, 1.54) is 0 Å². The van der Waals surface area contributed by atoms with E-state index in [1.54, 1.807) is 55.9 Å². The van der Waals surface area contributed by atoms with E-state index in [4.69, 9.17) is 5.73 Å². The van der Waals surface area contributed by atoms with Crippen LogP contribution in [0.15, 0.2) is 42.7 Å². The van der Waals surface area contributed by atoms with Crippen LogP contribution >= 0.6 is 0 Å². The number of nitrogens with one attached hydrogen (secondary N) is 1. The molecule has 4 N–H and O–H groups in total. The number of hydrogen-bond donors (Lipinski definition) is 3. The summed E-state index contributed by atoms with van der Waals surface area (Å²) in [6, 6.07) is 9.45. The minimum absolute atomic E-state index is 0.0194. The number of aromatic nitrogens is 2. The molecule has 2 amide bonds. The van der Waals surface area contributed by atoms with E-state index in [9.17, 15) is 19.5 Å².